The maximum Gasteiger partial charge on any atom is 0.138 e. The van der Waals surface area contributed by atoms with Crippen LogP contribution >= 0.6 is 11.6 Å². The van der Waals surface area contributed by atoms with Gasteiger partial charge in [0.15, 0.2) is 0 Å². The highest BCUT2D eigenvalue weighted by atomic mass is 35.5. The van der Waals surface area contributed by atoms with Gasteiger partial charge in [-0.15, -0.1) is 0 Å². The second-order valence-corrected chi connectivity index (χ2v) is 6.23. The zero-order valence-corrected chi connectivity index (χ0v) is 14.5. The lowest BCUT2D eigenvalue weighted by Crippen LogP contribution is -2.13. The van der Waals surface area contributed by atoms with Gasteiger partial charge in [0.25, 0.3) is 0 Å². The summed E-state index contributed by atoms with van der Waals surface area (Å²) >= 11 is 6.01. The van der Waals surface area contributed by atoms with Crippen LogP contribution in [0.4, 0.5) is 11.4 Å². The van der Waals surface area contributed by atoms with Gasteiger partial charge < -0.3 is 5.32 Å². The van der Waals surface area contributed by atoms with E-state index in [1.807, 2.05) is 36.4 Å². The van der Waals surface area contributed by atoms with Crippen molar-refractivity contribution in [2.45, 2.75) is 13.8 Å². The number of aryl methyl sites for hydroxylation is 2. The molecule has 0 amide bonds. The summed E-state index contributed by atoms with van der Waals surface area (Å²) in [4.78, 5) is 4.78. The minimum atomic E-state index is 0.712. The van der Waals surface area contributed by atoms with Crippen LogP contribution < -0.4 is 5.32 Å². The molecule has 0 bridgehead atoms. The van der Waals surface area contributed by atoms with Gasteiger partial charge in [0.05, 0.1) is 5.69 Å². The third-order valence-electron chi connectivity index (χ3n) is 3.71. The molecule has 120 valence electrons. The Kier molecular flexibility index (Phi) is 4.97. The van der Waals surface area contributed by atoms with E-state index < -0.39 is 0 Å². The fourth-order valence-electron chi connectivity index (χ4n) is 2.29. The fraction of sp³-hybridized carbons (Fsp3) is 0.0952. The van der Waals surface area contributed by atoms with E-state index in [1.165, 1.54) is 11.1 Å². The monoisotopic (exact) mass is 334 g/mol. The van der Waals surface area contributed by atoms with Crippen molar-refractivity contribution in [3.63, 3.8) is 0 Å². The van der Waals surface area contributed by atoms with Crippen molar-refractivity contribution in [2.24, 2.45) is 4.99 Å². The molecule has 0 saturated carbocycles. The number of benzene rings is 3. The first-order valence-electron chi connectivity index (χ1n) is 7.85. The molecule has 0 fully saturated rings. The minimum Gasteiger partial charge on any atom is -0.340 e. The zero-order valence-electron chi connectivity index (χ0n) is 13.8. The lowest BCUT2D eigenvalue weighted by molar-refractivity contribution is 1.41. The molecule has 3 rings (SSSR count). The van der Waals surface area contributed by atoms with Gasteiger partial charge in [0.2, 0.25) is 0 Å². The Morgan fingerprint density at radius 3 is 1.88 bits per heavy atom. The lowest BCUT2D eigenvalue weighted by atomic mass is 10.1. The molecule has 0 unspecified atom stereocenters. The summed E-state index contributed by atoms with van der Waals surface area (Å²) in [6, 6.07) is 24.1. The van der Waals surface area contributed by atoms with Gasteiger partial charge in [-0.3, -0.25) is 0 Å². The van der Waals surface area contributed by atoms with E-state index in [2.05, 4.69) is 55.6 Å². The number of halogens is 1. The van der Waals surface area contributed by atoms with Gasteiger partial charge in [-0.2, -0.15) is 0 Å². The SMILES string of the molecule is Cc1ccc(N=C(Nc2ccc(C)cc2)c2ccc(Cl)cc2)cc1. The van der Waals surface area contributed by atoms with Crippen molar-refractivity contribution in [1.82, 2.24) is 0 Å². The topological polar surface area (TPSA) is 24.4 Å². The Balaban J connectivity index is 1.97. The average Bonchev–Trinajstić information content (AvgIpc) is 2.59. The summed E-state index contributed by atoms with van der Waals surface area (Å²) in [6.45, 7) is 4.14. The van der Waals surface area contributed by atoms with Gasteiger partial charge in [0.1, 0.15) is 5.84 Å². The highest BCUT2D eigenvalue weighted by Crippen LogP contribution is 2.18. The van der Waals surface area contributed by atoms with Gasteiger partial charge in [-0.05, 0) is 62.4 Å². The number of aliphatic imine (C=N–C) groups is 1. The van der Waals surface area contributed by atoms with Crippen LogP contribution in [0.5, 0.6) is 0 Å². The standard InChI is InChI=1S/C21H19ClN2/c1-15-3-11-19(12-4-15)23-21(17-7-9-18(22)10-8-17)24-20-13-5-16(2)6-14-20/h3-14H,1-2H3,(H,23,24). The molecule has 0 atom stereocenters. The summed E-state index contributed by atoms with van der Waals surface area (Å²) in [7, 11) is 0. The highest BCUT2D eigenvalue weighted by molar-refractivity contribution is 6.30. The number of hydrogen-bond donors (Lipinski definition) is 1. The van der Waals surface area contributed by atoms with Crippen LogP contribution in [0.3, 0.4) is 0 Å². The molecule has 3 aromatic rings. The van der Waals surface area contributed by atoms with E-state index in [1.54, 1.807) is 0 Å². The van der Waals surface area contributed by atoms with E-state index in [4.69, 9.17) is 16.6 Å². The third kappa shape index (κ3) is 4.24. The summed E-state index contributed by atoms with van der Waals surface area (Å²) in [5, 5.41) is 4.12. The second-order valence-electron chi connectivity index (χ2n) is 5.79. The third-order valence-corrected chi connectivity index (χ3v) is 3.96. The maximum atomic E-state index is 6.01. The molecular formula is C21H19ClN2. The average molecular weight is 335 g/mol. The molecule has 3 aromatic carbocycles. The number of rotatable bonds is 3. The first-order chi connectivity index (χ1) is 11.6. The first kappa shape index (κ1) is 16.3. The van der Waals surface area contributed by atoms with E-state index in [0.29, 0.717) is 5.02 Å². The smallest absolute Gasteiger partial charge is 0.138 e. The van der Waals surface area contributed by atoms with Crippen LogP contribution in [-0.4, -0.2) is 5.84 Å². The lowest BCUT2D eigenvalue weighted by Gasteiger charge is -2.11. The van der Waals surface area contributed by atoms with Gasteiger partial charge >= 0.3 is 0 Å². The van der Waals surface area contributed by atoms with E-state index in [9.17, 15) is 0 Å². The molecule has 0 heterocycles. The van der Waals surface area contributed by atoms with Crippen LogP contribution in [0, 0.1) is 13.8 Å². The molecule has 1 N–H and O–H groups in total. The van der Waals surface area contributed by atoms with Crippen molar-refractivity contribution in [1.29, 1.82) is 0 Å². The van der Waals surface area contributed by atoms with Crippen LogP contribution in [0.15, 0.2) is 77.8 Å². The Morgan fingerprint density at radius 2 is 1.29 bits per heavy atom. The van der Waals surface area contributed by atoms with Gasteiger partial charge in [-0.25, -0.2) is 4.99 Å². The van der Waals surface area contributed by atoms with Crippen LogP contribution in [0.25, 0.3) is 0 Å². The Hall–Kier alpha value is -2.58. The molecule has 0 aliphatic heterocycles. The Bertz CT molecular complexity index is 833. The summed E-state index contributed by atoms with van der Waals surface area (Å²) in [5.74, 6) is 0.791. The second kappa shape index (κ2) is 7.33. The molecule has 0 radical (unpaired) electrons. The molecule has 0 aromatic heterocycles. The minimum absolute atomic E-state index is 0.712. The van der Waals surface area contributed by atoms with E-state index in [-0.39, 0.29) is 0 Å². The number of hydrogen-bond acceptors (Lipinski definition) is 1. The van der Waals surface area contributed by atoms with Crippen molar-refractivity contribution < 1.29 is 0 Å². The number of amidine groups is 1. The number of anilines is 1. The number of nitrogens with one attached hydrogen (secondary N) is 1. The Morgan fingerprint density at radius 1 is 0.750 bits per heavy atom. The van der Waals surface area contributed by atoms with Crippen molar-refractivity contribution in [3.05, 3.63) is 94.5 Å². The summed E-state index contributed by atoms with van der Waals surface area (Å²) < 4.78 is 0. The van der Waals surface area contributed by atoms with Gasteiger partial charge in [0, 0.05) is 16.3 Å². The molecule has 0 aliphatic rings. The van der Waals surface area contributed by atoms with Crippen LogP contribution in [0.1, 0.15) is 16.7 Å². The molecule has 0 spiro atoms. The predicted molar refractivity (Wildman–Crippen MR) is 104 cm³/mol. The predicted octanol–water partition coefficient (Wildman–Crippen LogP) is 6.15. The molecule has 3 heteroatoms. The highest BCUT2D eigenvalue weighted by Gasteiger charge is 2.05. The molecule has 2 nitrogen and oxygen atoms in total. The quantitative estimate of drug-likeness (QED) is 0.451. The zero-order chi connectivity index (χ0) is 16.9. The first-order valence-corrected chi connectivity index (χ1v) is 8.23. The van der Waals surface area contributed by atoms with Gasteiger partial charge in [-0.1, -0.05) is 47.0 Å². The van der Waals surface area contributed by atoms with Crippen molar-refractivity contribution >= 4 is 28.8 Å². The van der Waals surface area contributed by atoms with Crippen LogP contribution in [-0.2, 0) is 0 Å². The Labute approximate surface area is 147 Å². The van der Waals surface area contributed by atoms with Crippen molar-refractivity contribution in [2.75, 3.05) is 5.32 Å². The summed E-state index contributed by atoms with van der Waals surface area (Å²) in [5.41, 5.74) is 5.34. The fourth-order valence-corrected chi connectivity index (χ4v) is 2.42. The summed E-state index contributed by atoms with van der Waals surface area (Å²) in [6.07, 6.45) is 0. The number of nitrogens with zero attached hydrogens (tertiary/aromatic N) is 1. The molecule has 24 heavy (non-hydrogen) atoms. The van der Waals surface area contributed by atoms with E-state index >= 15 is 0 Å². The molecule has 0 aliphatic carbocycles. The van der Waals surface area contributed by atoms with E-state index in [0.717, 1.165) is 22.8 Å². The van der Waals surface area contributed by atoms with Crippen LogP contribution in [0.2, 0.25) is 5.02 Å². The largest absolute Gasteiger partial charge is 0.340 e. The molecular weight excluding hydrogens is 316 g/mol. The van der Waals surface area contributed by atoms with Crippen molar-refractivity contribution in [3.8, 4) is 0 Å². The normalized spacial score (nSPS) is 11.4. The maximum absolute atomic E-state index is 6.01. The molecule has 0 saturated heterocycles.